The molecule has 82 valence electrons. The van der Waals surface area contributed by atoms with Gasteiger partial charge >= 0.3 is 0 Å². The standard InChI is InChI=1S/C7H9N9/c8-6(9)16-7(10)15-5-3-4(12-1-11-3)13-2-14-5/h1-2H,(H7,8,9,10,11,12,13,14,15,16). The summed E-state index contributed by atoms with van der Waals surface area (Å²) in [6, 6.07) is 0. The Morgan fingerprint density at radius 1 is 1.19 bits per heavy atom. The summed E-state index contributed by atoms with van der Waals surface area (Å²) < 4.78 is 0. The highest BCUT2D eigenvalue weighted by atomic mass is 15.1. The highest BCUT2D eigenvalue weighted by Crippen LogP contribution is 2.17. The first-order valence-corrected chi connectivity index (χ1v) is 4.24. The monoisotopic (exact) mass is 219 g/mol. The molecule has 0 aliphatic rings. The molecule has 0 aromatic carbocycles. The van der Waals surface area contributed by atoms with Crippen LogP contribution in [-0.2, 0) is 0 Å². The third kappa shape index (κ3) is 1.87. The quantitative estimate of drug-likeness (QED) is 0.340. The molecule has 0 radical (unpaired) electrons. The summed E-state index contributed by atoms with van der Waals surface area (Å²) in [5, 5.41) is 0. The van der Waals surface area contributed by atoms with Gasteiger partial charge in [-0.3, -0.25) is 0 Å². The van der Waals surface area contributed by atoms with Gasteiger partial charge in [-0.15, -0.1) is 0 Å². The summed E-state index contributed by atoms with van der Waals surface area (Å²) in [6.07, 6.45) is 2.81. The van der Waals surface area contributed by atoms with E-state index in [1.807, 2.05) is 0 Å². The molecule has 0 unspecified atom stereocenters. The number of aromatic amines is 1. The van der Waals surface area contributed by atoms with Gasteiger partial charge in [0.1, 0.15) is 11.8 Å². The van der Waals surface area contributed by atoms with Gasteiger partial charge in [0.2, 0.25) is 5.96 Å². The lowest BCUT2D eigenvalue weighted by Crippen LogP contribution is -2.26. The summed E-state index contributed by atoms with van der Waals surface area (Å²) >= 11 is 0. The van der Waals surface area contributed by atoms with E-state index in [1.165, 1.54) is 12.7 Å². The van der Waals surface area contributed by atoms with E-state index in [9.17, 15) is 0 Å². The van der Waals surface area contributed by atoms with E-state index in [0.717, 1.165) is 0 Å². The highest BCUT2D eigenvalue weighted by molar-refractivity contribution is 5.95. The number of H-pyrrole nitrogens is 1. The summed E-state index contributed by atoms with van der Waals surface area (Å²) in [6.45, 7) is 0. The largest absolute Gasteiger partial charge is 0.370 e. The molecule has 9 nitrogen and oxygen atoms in total. The molecule has 7 N–H and O–H groups in total. The van der Waals surface area contributed by atoms with Gasteiger partial charge in [0, 0.05) is 0 Å². The molecule has 0 aliphatic heterocycles. The van der Waals surface area contributed by atoms with Crippen molar-refractivity contribution in [2.24, 2.45) is 27.2 Å². The molecule has 2 aromatic rings. The minimum atomic E-state index is -0.170. The fourth-order valence-electron chi connectivity index (χ4n) is 1.10. The van der Waals surface area contributed by atoms with Crippen LogP contribution in [0.2, 0.25) is 0 Å². The molecule has 0 saturated heterocycles. The Morgan fingerprint density at radius 2 is 2.00 bits per heavy atom. The van der Waals surface area contributed by atoms with Crippen molar-refractivity contribution in [1.29, 1.82) is 0 Å². The van der Waals surface area contributed by atoms with Crippen molar-refractivity contribution in [2.45, 2.75) is 0 Å². The van der Waals surface area contributed by atoms with Crippen molar-refractivity contribution >= 4 is 28.9 Å². The fraction of sp³-hybridized carbons (Fsp3) is 0. The first kappa shape index (κ1) is 9.83. The molecule has 0 saturated carbocycles. The second-order valence-corrected chi connectivity index (χ2v) is 2.81. The van der Waals surface area contributed by atoms with E-state index < -0.39 is 0 Å². The molecule has 0 amide bonds. The summed E-state index contributed by atoms with van der Waals surface area (Å²) in [7, 11) is 0. The number of fused-ring (bicyclic) bond motifs is 1. The number of rotatable bonds is 1. The van der Waals surface area contributed by atoms with Crippen LogP contribution in [0.15, 0.2) is 22.6 Å². The van der Waals surface area contributed by atoms with Crippen molar-refractivity contribution < 1.29 is 0 Å². The number of aromatic nitrogens is 4. The Kier molecular flexibility index (Phi) is 2.34. The van der Waals surface area contributed by atoms with Gasteiger partial charge in [-0.25, -0.2) is 15.0 Å². The molecular formula is C7H9N9. The molecule has 0 aliphatic carbocycles. The zero-order valence-electron chi connectivity index (χ0n) is 8.12. The Hall–Kier alpha value is -2.71. The fourth-order valence-corrected chi connectivity index (χ4v) is 1.10. The van der Waals surface area contributed by atoms with Crippen molar-refractivity contribution in [1.82, 2.24) is 19.9 Å². The van der Waals surface area contributed by atoms with Crippen LogP contribution in [0.25, 0.3) is 11.2 Å². The zero-order chi connectivity index (χ0) is 11.5. The minimum Gasteiger partial charge on any atom is -0.370 e. The predicted molar refractivity (Wildman–Crippen MR) is 58.8 cm³/mol. The lowest BCUT2D eigenvalue weighted by molar-refractivity contribution is 1.18. The van der Waals surface area contributed by atoms with Gasteiger partial charge < -0.3 is 22.2 Å². The maximum atomic E-state index is 5.47. The van der Waals surface area contributed by atoms with Gasteiger partial charge in [-0.05, 0) is 0 Å². The number of nitrogens with two attached hydrogens (primary N) is 3. The summed E-state index contributed by atoms with van der Waals surface area (Å²) in [4.78, 5) is 22.1. The van der Waals surface area contributed by atoms with E-state index in [4.69, 9.17) is 17.2 Å². The molecule has 0 bridgehead atoms. The molecule has 2 heterocycles. The molecule has 9 heteroatoms. The predicted octanol–water partition coefficient (Wildman–Crippen LogP) is -1.43. The number of nitrogens with zero attached hydrogens (tertiary/aromatic N) is 5. The van der Waals surface area contributed by atoms with Crippen molar-refractivity contribution in [2.75, 3.05) is 0 Å². The molecule has 0 fully saturated rings. The van der Waals surface area contributed by atoms with Crippen LogP contribution in [0.3, 0.4) is 0 Å². The summed E-state index contributed by atoms with van der Waals surface area (Å²) in [5.41, 5.74) is 16.8. The minimum absolute atomic E-state index is 0.0883. The highest BCUT2D eigenvalue weighted by Gasteiger charge is 2.04. The third-order valence-electron chi connectivity index (χ3n) is 1.67. The molecule has 0 spiro atoms. The average Bonchev–Trinajstić information content (AvgIpc) is 2.65. The van der Waals surface area contributed by atoms with E-state index >= 15 is 0 Å². The van der Waals surface area contributed by atoms with E-state index in [1.54, 1.807) is 0 Å². The van der Waals surface area contributed by atoms with Crippen LogP contribution >= 0.6 is 0 Å². The van der Waals surface area contributed by atoms with Crippen LogP contribution in [0.1, 0.15) is 0 Å². The number of guanidine groups is 2. The summed E-state index contributed by atoms with van der Waals surface area (Å²) in [5.74, 6) is 0.0655. The number of hydrogen-bond acceptors (Lipinski definition) is 4. The van der Waals surface area contributed by atoms with Crippen LogP contribution in [-0.4, -0.2) is 31.9 Å². The van der Waals surface area contributed by atoms with Crippen molar-refractivity contribution in [3.05, 3.63) is 12.7 Å². The Bertz CT molecular complexity index is 562. The van der Waals surface area contributed by atoms with Gasteiger partial charge in [0.25, 0.3) is 0 Å². The molecule has 2 rings (SSSR count). The molecule has 0 atom stereocenters. The van der Waals surface area contributed by atoms with Crippen LogP contribution in [0.5, 0.6) is 0 Å². The van der Waals surface area contributed by atoms with Gasteiger partial charge in [0.15, 0.2) is 17.4 Å². The first-order chi connectivity index (χ1) is 7.66. The maximum Gasteiger partial charge on any atom is 0.225 e. The van der Waals surface area contributed by atoms with E-state index in [2.05, 4.69) is 29.9 Å². The number of imidazole rings is 1. The maximum absolute atomic E-state index is 5.47. The normalized spacial score (nSPS) is 11.6. The van der Waals surface area contributed by atoms with Gasteiger partial charge in [-0.1, -0.05) is 0 Å². The first-order valence-electron chi connectivity index (χ1n) is 4.24. The van der Waals surface area contributed by atoms with E-state index in [0.29, 0.717) is 17.0 Å². The van der Waals surface area contributed by atoms with E-state index in [-0.39, 0.29) is 11.9 Å². The zero-order valence-corrected chi connectivity index (χ0v) is 8.12. The number of aliphatic imine (C=N–C) groups is 2. The smallest absolute Gasteiger partial charge is 0.225 e. The lowest BCUT2D eigenvalue weighted by Gasteiger charge is -1.95. The lowest BCUT2D eigenvalue weighted by atomic mass is 10.5. The topological polar surface area (TPSA) is 157 Å². The second kappa shape index (κ2) is 3.81. The Labute approximate surface area is 89.5 Å². The number of nitrogens with one attached hydrogen (secondary N) is 1. The van der Waals surface area contributed by atoms with Gasteiger partial charge in [-0.2, -0.15) is 9.98 Å². The number of hydrogen-bond donors (Lipinski definition) is 4. The average molecular weight is 219 g/mol. The van der Waals surface area contributed by atoms with Crippen LogP contribution in [0, 0.1) is 0 Å². The van der Waals surface area contributed by atoms with Crippen molar-refractivity contribution in [3.63, 3.8) is 0 Å². The molecular weight excluding hydrogens is 210 g/mol. The Morgan fingerprint density at radius 3 is 2.75 bits per heavy atom. The molecule has 16 heavy (non-hydrogen) atoms. The van der Waals surface area contributed by atoms with Crippen molar-refractivity contribution in [3.8, 4) is 0 Å². The van der Waals surface area contributed by atoms with Gasteiger partial charge in [0.05, 0.1) is 6.33 Å². The SMILES string of the molecule is NC(N)=NC(N)=Nc1ncnc2nc[nH]c12. The Balaban J connectivity index is 2.48. The van der Waals surface area contributed by atoms with Crippen LogP contribution in [0.4, 0.5) is 5.82 Å². The second-order valence-electron chi connectivity index (χ2n) is 2.81. The third-order valence-corrected chi connectivity index (χ3v) is 1.67. The molecule has 2 aromatic heterocycles. The van der Waals surface area contributed by atoms with Crippen LogP contribution < -0.4 is 17.2 Å².